The zero-order chi connectivity index (χ0) is 14.8. The fourth-order valence-electron chi connectivity index (χ4n) is 2.40. The zero-order valence-corrected chi connectivity index (χ0v) is 13.2. The van der Waals surface area contributed by atoms with E-state index in [9.17, 15) is 4.39 Å². The van der Waals surface area contributed by atoms with Crippen molar-refractivity contribution in [2.75, 3.05) is 5.32 Å². The Balaban J connectivity index is 1.87. The predicted molar refractivity (Wildman–Crippen MR) is 90.1 cm³/mol. The molecule has 0 bridgehead atoms. The Hall–Kier alpha value is -1.87. The first-order valence-electron chi connectivity index (χ1n) is 6.84. The molecule has 0 aliphatic carbocycles. The topological polar surface area (TPSA) is 12.0 Å². The third-order valence-electron chi connectivity index (χ3n) is 3.58. The van der Waals surface area contributed by atoms with Crippen LogP contribution in [0.1, 0.15) is 18.5 Å². The summed E-state index contributed by atoms with van der Waals surface area (Å²) in [6, 6.07) is 19.5. The Labute approximate surface area is 131 Å². The summed E-state index contributed by atoms with van der Waals surface area (Å²) in [5, 5.41) is 5.86. The van der Waals surface area contributed by atoms with Crippen molar-refractivity contribution < 1.29 is 4.39 Å². The first-order valence-corrected chi connectivity index (χ1v) is 7.63. The van der Waals surface area contributed by atoms with E-state index in [0.29, 0.717) is 0 Å². The van der Waals surface area contributed by atoms with Crippen LogP contribution in [0.4, 0.5) is 10.1 Å². The van der Waals surface area contributed by atoms with Gasteiger partial charge in [-0.2, -0.15) is 0 Å². The van der Waals surface area contributed by atoms with E-state index in [1.807, 2.05) is 12.1 Å². The molecule has 3 aromatic carbocycles. The van der Waals surface area contributed by atoms with Crippen molar-refractivity contribution in [1.82, 2.24) is 0 Å². The quantitative estimate of drug-likeness (QED) is 0.622. The van der Waals surface area contributed by atoms with Gasteiger partial charge in [0, 0.05) is 16.2 Å². The van der Waals surface area contributed by atoms with Crippen LogP contribution in [0.15, 0.2) is 65.1 Å². The van der Waals surface area contributed by atoms with Crippen LogP contribution < -0.4 is 5.32 Å². The molecule has 0 aliphatic heterocycles. The lowest BCUT2D eigenvalue weighted by molar-refractivity contribution is 0.627. The molecule has 0 saturated heterocycles. The highest BCUT2D eigenvalue weighted by Gasteiger charge is 2.08. The highest BCUT2D eigenvalue weighted by molar-refractivity contribution is 9.10. The molecular weight excluding hydrogens is 329 g/mol. The Morgan fingerprint density at radius 1 is 0.952 bits per heavy atom. The van der Waals surface area contributed by atoms with Gasteiger partial charge in [-0.1, -0.05) is 36.4 Å². The molecule has 1 N–H and O–H groups in total. The minimum atomic E-state index is -0.245. The van der Waals surface area contributed by atoms with E-state index in [4.69, 9.17) is 0 Å². The van der Waals surface area contributed by atoms with Crippen LogP contribution in [-0.2, 0) is 0 Å². The number of fused-ring (bicyclic) bond motifs is 1. The average molecular weight is 344 g/mol. The normalized spacial score (nSPS) is 12.3. The predicted octanol–water partition coefficient (Wildman–Crippen LogP) is 5.91. The van der Waals surface area contributed by atoms with E-state index in [1.165, 1.54) is 28.5 Å². The summed E-state index contributed by atoms with van der Waals surface area (Å²) in [6.07, 6.45) is 0. The molecule has 0 aromatic heterocycles. The van der Waals surface area contributed by atoms with Gasteiger partial charge in [-0.05, 0) is 63.5 Å². The van der Waals surface area contributed by atoms with Crippen LogP contribution in [0.25, 0.3) is 10.8 Å². The Morgan fingerprint density at radius 2 is 1.71 bits per heavy atom. The van der Waals surface area contributed by atoms with Crippen LogP contribution in [0.5, 0.6) is 0 Å². The van der Waals surface area contributed by atoms with Crippen molar-refractivity contribution >= 4 is 32.4 Å². The number of hydrogen-bond acceptors (Lipinski definition) is 1. The number of hydrogen-bond donors (Lipinski definition) is 1. The first kappa shape index (κ1) is 14.1. The van der Waals surface area contributed by atoms with Gasteiger partial charge in [0.2, 0.25) is 0 Å². The second-order valence-corrected chi connectivity index (χ2v) is 5.95. The lowest BCUT2D eigenvalue weighted by Crippen LogP contribution is -2.07. The number of halogens is 2. The molecular formula is C18H15BrFN. The van der Waals surface area contributed by atoms with Crippen LogP contribution in [0, 0.1) is 5.82 Å². The van der Waals surface area contributed by atoms with Gasteiger partial charge in [0.15, 0.2) is 0 Å². The molecule has 1 nitrogen and oxygen atoms in total. The van der Waals surface area contributed by atoms with Crippen molar-refractivity contribution in [3.8, 4) is 0 Å². The minimum Gasteiger partial charge on any atom is -0.378 e. The van der Waals surface area contributed by atoms with Crippen molar-refractivity contribution in [3.05, 3.63) is 76.5 Å². The lowest BCUT2D eigenvalue weighted by atomic mass is 10.0. The SMILES string of the molecule is CC(Nc1ccc(F)cc1Br)c1ccc2ccccc2c1. The van der Waals surface area contributed by atoms with Crippen molar-refractivity contribution in [2.24, 2.45) is 0 Å². The third-order valence-corrected chi connectivity index (χ3v) is 4.23. The fourth-order valence-corrected chi connectivity index (χ4v) is 2.87. The summed E-state index contributed by atoms with van der Waals surface area (Å²) >= 11 is 3.39. The summed E-state index contributed by atoms with van der Waals surface area (Å²) in [5.74, 6) is -0.245. The minimum absolute atomic E-state index is 0.136. The van der Waals surface area contributed by atoms with Crippen LogP contribution in [0.3, 0.4) is 0 Å². The Bertz CT molecular complexity index is 785. The second kappa shape index (κ2) is 5.86. The molecule has 0 fully saturated rings. The number of rotatable bonds is 3. The van der Waals surface area contributed by atoms with Crippen LogP contribution in [0.2, 0.25) is 0 Å². The van der Waals surface area contributed by atoms with Crippen LogP contribution >= 0.6 is 15.9 Å². The average Bonchev–Trinajstić information content (AvgIpc) is 2.49. The molecule has 0 radical (unpaired) electrons. The third kappa shape index (κ3) is 3.08. The molecule has 0 aliphatic rings. The maximum absolute atomic E-state index is 13.1. The summed E-state index contributed by atoms with van der Waals surface area (Å²) < 4.78 is 13.9. The standard InChI is InChI=1S/C18H15BrFN/c1-12(21-18-9-8-16(20)11-17(18)19)14-7-6-13-4-2-3-5-15(13)10-14/h2-12,21H,1H3. The van der Waals surface area contributed by atoms with Gasteiger partial charge in [-0.25, -0.2) is 4.39 Å². The zero-order valence-electron chi connectivity index (χ0n) is 11.6. The van der Waals surface area contributed by atoms with Gasteiger partial charge in [0.1, 0.15) is 5.82 Å². The number of anilines is 1. The summed E-state index contributed by atoms with van der Waals surface area (Å²) in [5.41, 5.74) is 2.09. The van der Waals surface area contributed by atoms with Gasteiger partial charge in [-0.15, -0.1) is 0 Å². The molecule has 3 heteroatoms. The number of nitrogens with one attached hydrogen (secondary N) is 1. The maximum atomic E-state index is 13.1. The fraction of sp³-hybridized carbons (Fsp3) is 0.111. The molecule has 0 saturated carbocycles. The first-order chi connectivity index (χ1) is 10.1. The van der Waals surface area contributed by atoms with Gasteiger partial charge in [-0.3, -0.25) is 0 Å². The molecule has 0 heterocycles. The highest BCUT2D eigenvalue weighted by Crippen LogP contribution is 2.28. The van der Waals surface area contributed by atoms with E-state index in [1.54, 1.807) is 6.07 Å². The molecule has 106 valence electrons. The molecule has 3 aromatic rings. The van der Waals surface area contributed by atoms with Crippen molar-refractivity contribution in [1.29, 1.82) is 0 Å². The summed E-state index contributed by atoms with van der Waals surface area (Å²) in [7, 11) is 0. The van der Waals surface area contributed by atoms with Crippen LogP contribution in [-0.4, -0.2) is 0 Å². The second-order valence-electron chi connectivity index (χ2n) is 5.10. The van der Waals surface area contributed by atoms with Gasteiger partial charge >= 0.3 is 0 Å². The lowest BCUT2D eigenvalue weighted by Gasteiger charge is -2.17. The molecule has 21 heavy (non-hydrogen) atoms. The highest BCUT2D eigenvalue weighted by atomic mass is 79.9. The van der Waals surface area contributed by atoms with Crippen molar-refractivity contribution in [2.45, 2.75) is 13.0 Å². The van der Waals surface area contributed by atoms with Gasteiger partial charge < -0.3 is 5.32 Å². The molecule has 1 atom stereocenters. The van der Waals surface area contributed by atoms with Gasteiger partial charge in [0.05, 0.1) is 0 Å². The maximum Gasteiger partial charge on any atom is 0.124 e. The van der Waals surface area contributed by atoms with E-state index >= 15 is 0 Å². The largest absolute Gasteiger partial charge is 0.378 e. The summed E-state index contributed by atoms with van der Waals surface area (Å²) in [6.45, 7) is 2.10. The molecule has 1 unspecified atom stereocenters. The van der Waals surface area contributed by atoms with E-state index in [2.05, 4.69) is 58.5 Å². The monoisotopic (exact) mass is 343 g/mol. The molecule has 3 rings (SSSR count). The Morgan fingerprint density at radius 3 is 2.48 bits per heavy atom. The number of benzene rings is 3. The summed E-state index contributed by atoms with van der Waals surface area (Å²) in [4.78, 5) is 0. The van der Waals surface area contributed by atoms with E-state index in [0.717, 1.165) is 10.2 Å². The van der Waals surface area contributed by atoms with E-state index in [-0.39, 0.29) is 11.9 Å². The van der Waals surface area contributed by atoms with E-state index < -0.39 is 0 Å². The molecule has 0 amide bonds. The van der Waals surface area contributed by atoms with Crippen molar-refractivity contribution in [3.63, 3.8) is 0 Å². The Kier molecular flexibility index (Phi) is 3.93. The van der Waals surface area contributed by atoms with Gasteiger partial charge in [0.25, 0.3) is 0 Å². The smallest absolute Gasteiger partial charge is 0.124 e. The molecule has 0 spiro atoms.